The highest BCUT2D eigenvalue weighted by atomic mass is 35.5. The molecule has 7 nitrogen and oxygen atoms in total. The van der Waals surface area contributed by atoms with Crippen LogP contribution in [0.15, 0.2) is 60.9 Å². The second kappa shape index (κ2) is 8.96. The van der Waals surface area contributed by atoms with Gasteiger partial charge in [0.05, 0.1) is 0 Å². The number of carbonyl (C=O) groups is 2. The van der Waals surface area contributed by atoms with Crippen LogP contribution in [0.5, 0.6) is 5.75 Å². The number of nitrogens with one attached hydrogen (secondary N) is 2. The highest BCUT2D eigenvalue weighted by molar-refractivity contribution is 6.31. The molecule has 0 saturated heterocycles. The van der Waals surface area contributed by atoms with Crippen molar-refractivity contribution >= 4 is 23.4 Å². The van der Waals surface area contributed by atoms with Crippen molar-refractivity contribution < 1.29 is 14.3 Å². The number of nitrogens with zero attached hydrogens (tertiary/aromatic N) is 2. The molecule has 0 aliphatic rings. The third kappa shape index (κ3) is 5.05. The molecule has 1 aromatic heterocycles. The van der Waals surface area contributed by atoms with Crippen molar-refractivity contribution in [2.24, 2.45) is 0 Å². The van der Waals surface area contributed by atoms with Gasteiger partial charge in [0.25, 0.3) is 5.91 Å². The van der Waals surface area contributed by atoms with Gasteiger partial charge in [0.2, 0.25) is 5.82 Å². The minimum absolute atomic E-state index is 0.0345. The Morgan fingerprint density at radius 3 is 2.36 bits per heavy atom. The van der Waals surface area contributed by atoms with Gasteiger partial charge in [-0.1, -0.05) is 23.7 Å². The quantitative estimate of drug-likeness (QED) is 0.646. The number of amides is 2. The predicted molar refractivity (Wildman–Crippen MR) is 104 cm³/mol. The Balaban J connectivity index is 1.52. The molecule has 0 saturated carbocycles. The van der Waals surface area contributed by atoms with Crippen LogP contribution in [-0.2, 0) is 6.61 Å². The summed E-state index contributed by atoms with van der Waals surface area (Å²) >= 11 is 6.00. The maximum Gasteiger partial charge on any atom is 0.307 e. The van der Waals surface area contributed by atoms with E-state index in [0.29, 0.717) is 17.2 Å². The molecule has 0 aliphatic heterocycles. The van der Waals surface area contributed by atoms with E-state index in [-0.39, 0.29) is 5.82 Å². The lowest BCUT2D eigenvalue weighted by atomic mass is 10.1. The van der Waals surface area contributed by atoms with Crippen molar-refractivity contribution in [3.8, 4) is 5.75 Å². The van der Waals surface area contributed by atoms with Gasteiger partial charge in [-0.3, -0.25) is 20.4 Å². The third-order valence-corrected chi connectivity index (χ3v) is 4.23. The van der Waals surface area contributed by atoms with E-state index in [0.717, 1.165) is 16.9 Å². The number of hydrazine groups is 1. The molecule has 0 bridgehead atoms. The van der Waals surface area contributed by atoms with Crippen LogP contribution >= 0.6 is 11.6 Å². The number of aromatic nitrogens is 2. The molecule has 1 heterocycles. The molecular formula is C20H17ClN4O3. The van der Waals surface area contributed by atoms with Gasteiger partial charge in [-0.05, 0) is 54.4 Å². The van der Waals surface area contributed by atoms with Gasteiger partial charge < -0.3 is 4.74 Å². The van der Waals surface area contributed by atoms with Crippen molar-refractivity contribution in [1.29, 1.82) is 0 Å². The smallest absolute Gasteiger partial charge is 0.307 e. The van der Waals surface area contributed by atoms with E-state index in [1.54, 1.807) is 42.5 Å². The van der Waals surface area contributed by atoms with Crippen LogP contribution < -0.4 is 15.6 Å². The number of benzene rings is 2. The first-order valence-corrected chi connectivity index (χ1v) is 8.76. The van der Waals surface area contributed by atoms with Crippen LogP contribution in [-0.4, -0.2) is 21.8 Å². The Labute approximate surface area is 166 Å². The summed E-state index contributed by atoms with van der Waals surface area (Å²) in [4.78, 5) is 31.6. The summed E-state index contributed by atoms with van der Waals surface area (Å²) in [6.07, 6.45) is 2.88. The first kappa shape index (κ1) is 19.3. The first-order chi connectivity index (χ1) is 13.5. The van der Waals surface area contributed by atoms with E-state index in [1.165, 1.54) is 12.4 Å². The summed E-state index contributed by atoms with van der Waals surface area (Å²) in [6, 6.07) is 13.9. The highest BCUT2D eigenvalue weighted by Crippen LogP contribution is 2.21. The molecule has 0 aliphatic carbocycles. The number of halogens is 1. The summed E-state index contributed by atoms with van der Waals surface area (Å²) in [6.45, 7) is 2.26. The number of carbonyl (C=O) groups excluding carboxylic acids is 2. The fourth-order valence-corrected chi connectivity index (χ4v) is 2.40. The van der Waals surface area contributed by atoms with E-state index >= 15 is 0 Å². The molecule has 28 heavy (non-hydrogen) atoms. The Morgan fingerprint density at radius 1 is 1.00 bits per heavy atom. The summed E-state index contributed by atoms with van der Waals surface area (Å²) < 4.78 is 5.73. The number of aryl methyl sites for hydroxylation is 1. The van der Waals surface area contributed by atoms with Crippen molar-refractivity contribution in [1.82, 2.24) is 20.8 Å². The van der Waals surface area contributed by atoms with Crippen LogP contribution in [0, 0.1) is 6.92 Å². The van der Waals surface area contributed by atoms with E-state index in [4.69, 9.17) is 16.3 Å². The average Bonchev–Trinajstić information content (AvgIpc) is 2.73. The zero-order chi connectivity index (χ0) is 19.9. The maximum absolute atomic E-state index is 12.1. The lowest BCUT2D eigenvalue weighted by molar-refractivity contribution is 0.0841. The Hall–Kier alpha value is -3.45. The number of rotatable bonds is 5. The van der Waals surface area contributed by atoms with Crippen LogP contribution in [0.25, 0.3) is 0 Å². The van der Waals surface area contributed by atoms with E-state index in [2.05, 4.69) is 20.8 Å². The fraction of sp³-hybridized carbons (Fsp3) is 0.100. The largest absolute Gasteiger partial charge is 0.489 e. The molecule has 8 heteroatoms. The third-order valence-electron chi connectivity index (χ3n) is 3.81. The van der Waals surface area contributed by atoms with Gasteiger partial charge in [-0.15, -0.1) is 0 Å². The molecule has 2 amide bonds. The first-order valence-electron chi connectivity index (χ1n) is 8.38. The molecule has 0 atom stereocenters. The van der Waals surface area contributed by atoms with Crippen LogP contribution in [0.2, 0.25) is 5.02 Å². The molecule has 0 radical (unpaired) electrons. The van der Waals surface area contributed by atoms with Crippen molar-refractivity contribution in [2.75, 3.05) is 0 Å². The minimum Gasteiger partial charge on any atom is -0.489 e. The van der Waals surface area contributed by atoms with Gasteiger partial charge in [0, 0.05) is 23.0 Å². The molecule has 0 unspecified atom stereocenters. The number of ether oxygens (including phenoxy) is 1. The molecule has 0 spiro atoms. The summed E-state index contributed by atoms with van der Waals surface area (Å²) in [5.74, 6) is -0.371. The summed E-state index contributed by atoms with van der Waals surface area (Å²) in [5.41, 5.74) is 6.82. The zero-order valence-corrected chi connectivity index (χ0v) is 15.7. The lowest BCUT2D eigenvalue weighted by Crippen LogP contribution is -2.42. The molecule has 2 N–H and O–H groups in total. The molecular weight excluding hydrogens is 380 g/mol. The molecule has 2 aromatic carbocycles. The zero-order valence-electron chi connectivity index (χ0n) is 15.0. The summed E-state index contributed by atoms with van der Waals surface area (Å²) in [5, 5.41) is 0.689. The average molecular weight is 397 g/mol. The van der Waals surface area contributed by atoms with Gasteiger partial charge in [0.15, 0.2) is 0 Å². The monoisotopic (exact) mass is 396 g/mol. The maximum atomic E-state index is 12.1. The van der Waals surface area contributed by atoms with Crippen LogP contribution in [0.3, 0.4) is 0 Å². The number of hydrogen-bond acceptors (Lipinski definition) is 5. The van der Waals surface area contributed by atoms with Gasteiger partial charge in [-0.25, -0.2) is 9.97 Å². The second-order valence-electron chi connectivity index (χ2n) is 5.88. The Bertz CT molecular complexity index is 979. The number of hydrogen-bond donors (Lipinski definition) is 2. The van der Waals surface area contributed by atoms with E-state index in [1.807, 2.05) is 13.0 Å². The fourth-order valence-electron chi connectivity index (χ4n) is 2.28. The van der Waals surface area contributed by atoms with Gasteiger partial charge >= 0.3 is 5.91 Å². The Kier molecular flexibility index (Phi) is 6.18. The molecule has 0 fully saturated rings. The molecule has 3 aromatic rings. The van der Waals surface area contributed by atoms with Crippen molar-refractivity contribution in [2.45, 2.75) is 13.5 Å². The second-order valence-corrected chi connectivity index (χ2v) is 6.28. The Morgan fingerprint density at radius 2 is 1.68 bits per heavy atom. The van der Waals surface area contributed by atoms with Gasteiger partial charge in [0.1, 0.15) is 12.4 Å². The summed E-state index contributed by atoms with van der Waals surface area (Å²) in [7, 11) is 0. The SMILES string of the molecule is Cc1cc(OCc2ccc(C(=O)NNC(=O)c3ncccn3)cc2)ccc1Cl. The van der Waals surface area contributed by atoms with Crippen LogP contribution in [0.4, 0.5) is 0 Å². The molecule has 142 valence electrons. The van der Waals surface area contributed by atoms with E-state index < -0.39 is 11.8 Å². The minimum atomic E-state index is -0.600. The standard InChI is InChI=1S/C20H17ClN4O3/c1-13-11-16(7-8-17(13)21)28-12-14-3-5-15(6-4-14)19(26)24-25-20(27)18-22-9-2-10-23-18/h2-11H,12H2,1H3,(H,24,26)(H,25,27). The predicted octanol–water partition coefficient (Wildman–Crippen LogP) is 3.09. The topological polar surface area (TPSA) is 93.2 Å². The van der Waals surface area contributed by atoms with E-state index in [9.17, 15) is 9.59 Å². The van der Waals surface area contributed by atoms with Crippen LogP contribution in [0.1, 0.15) is 32.1 Å². The van der Waals surface area contributed by atoms with Crippen molar-refractivity contribution in [3.05, 3.63) is 88.5 Å². The van der Waals surface area contributed by atoms with Gasteiger partial charge in [-0.2, -0.15) is 0 Å². The van der Waals surface area contributed by atoms with Crippen molar-refractivity contribution in [3.63, 3.8) is 0 Å². The lowest BCUT2D eigenvalue weighted by Gasteiger charge is -2.09. The highest BCUT2D eigenvalue weighted by Gasteiger charge is 2.11. The normalized spacial score (nSPS) is 10.2. The molecule has 3 rings (SSSR count).